The average molecular weight is 312 g/mol. The largest absolute Gasteiger partial charge is 0.455 e. The molecule has 0 N–H and O–H groups in total. The van der Waals surface area contributed by atoms with Crippen LogP contribution >= 0.6 is 0 Å². The van der Waals surface area contributed by atoms with Gasteiger partial charge in [0, 0.05) is 5.56 Å². The molecule has 0 spiro atoms. The zero-order valence-corrected chi connectivity index (χ0v) is 12.1. The van der Waals surface area contributed by atoms with Crippen LogP contribution in [0.25, 0.3) is 11.5 Å². The van der Waals surface area contributed by atoms with Crippen molar-refractivity contribution in [3.8, 4) is 11.5 Å². The summed E-state index contributed by atoms with van der Waals surface area (Å²) in [7, 11) is 0. The van der Waals surface area contributed by atoms with Gasteiger partial charge in [-0.2, -0.15) is 0 Å². The van der Waals surface area contributed by atoms with E-state index < -0.39 is 5.97 Å². The van der Waals surface area contributed by atoms with Gasteiger partial charge in [-0.25, -0.2) is 4.39 Å². The van der Waals surface area contributed by atoms with Crippen LogP contribution < -0.4 is 0 Å². The molecule has 3 aromatic rings. The van der Waals surface area contributed by atoms with Gasteiger partial charge in [0.05, 0.1) is 6.42 Å². The SMILES string of the molecule is O=C(Cc1ccc(F)cc1)OCc1nnc(-c2ccccc2)o1. The van der Waals surface area contributed by atoms with Gasteiger partial charge in [0.1, 0.15) is 5.82 Å². The maximum absolute atomic E-state index is 12.8. The van der Waals surface area contributed by atoms with Crippen molar-refractivity contribution in [3.05, 3.63) is 71.9 Å². The Balaban J connectivity index is 1.55. The van der Waals surface area contributed by atoms with Gasteiger partial charge in [0.2, 0.25) is 5.89 Å². The number of nitrogens with zero attached hydrogens (tertiary/aromatic N) is 2. The van der Waals surface area contributed by atoms with E-state index in [1.54, 1.807) is 0 Å². The second-order valence-electron chi connectivity index (χ2n) is 4.83. The fraction of sp³-hybridized carbons (Fsp3) is 0.118. The third kappa shape index (κ3) is 4.00. The third-order valence-corrected chi connectivity index (χ3v) is 3.11. The number of halogens is 1. The van der Waals surface area contributed by atoms with Gasteiger partial charge in [-0.15, -0.1) is 10.2 Å². The number of aromatic nitrogens is 2. The molecule has 2 aromatic carbocycles. The second kappa shape index (κ2) is 6.83. The van der Waals surface area contributed by atoms with Crippen molar-refractivity contribution >= 4 is 5.97 Å². The van der Waals surface area contributed by atoms with Crippen LogP contribution in [-0.2, 0) is 22.6 Å². The van der Waals surface area contributed by atoms with E-state index in [9.17, 15) is 9.18 Å². The monoisotopic (exact) mass is 312 g/mol. The topological polar surface area (TPSA) is 65.2 Å². The summed E-state index contributed by atoms with van der Waals surface area (Å²) >= 11 is 0. The highest BCUT2D eigenvalue weighted by Gasteiger charge is 2.11. The quantitative estimate of drug-likeness (QED) is 0.677. The molecular formula is C17H13FN2O3. The number of esters is 1. The maximum Gasteiger partial charge on any atom is 0.310 e. The molecule has 0 radical (unpaired) electrons. The lowest BCUT2D eigenvalue weighted by Gasteiger charge is -2.02. The van der Waals surface area contributed by atoms with Crippen LogP contribution in [-0.4, -0.2) is 16.2 Å². The Morgan fingerprint density at radius 3 is 2.52 bits per heavy atom. The van der Waals surface area contributed by atoms with Gasteiger partial charge < -0.3 is 9.15 Å². The molecule has 0 fully saturated rings. The minimum atomic E-state index is -0.448. The Hall–Kier alpha value is -3.02. The highest BCUT2D eigenvalue weighted by Crippen LogP contribution is 2.17. The Bertz CT molecular complexity index is 785. The first-order chi connectivity index (χ1) is 11.2. The smallest absolute Gasteiger partial charge is 0.310 e. The van der Waals surface area contributed by atoms with Gasteiger partial charge in [-0.05, 0) is 29.8 Å². The van der Waals surface area contributed by atoms with E-state index in [1.165, 1.54) is 24.3 Å². The number of hydrogen-bond donors (Lipinski definition) is 0. The molecule has 0 amide bonds. The summed E-state index contributed by atoms with van der Waals surface area (Å²) in [6, 6.07) is 15.0. The number of hydrogen-bond acceptors (Lipinski definition) is 5. The second-order valence-corrected chi connectivity index (χ2v) is 4.83. The van der Waals surface area contributed by atoms with E-state index in [1.807, 2.05) is 30.3 Å². The summed E-state index contributed by atoms with van der Waals surface area (Å²) in [5.74, 6) is -0.205. The summed E-state index contributed by atoms with van der Waals surface area (Å²) in [5.41, 5.74) is 1.47. The zero-order valence-electron chi connectivity index (χ0n) is 12.1. The third-order valence-electron chi connectivity index (χ3n) is 3.11. The number of ether oxygens (including phenoxy) is 1. The van der Waals surface area contributed by atoms with Crippen LogP contribution in [0.2, 0.25) is 0 Å². The van der Waals surface area contributed by atoms with Crippen LogP contribution in [0.4, 0.5) is 4.39 Å². The molecule has 23 heavy (non-hydrogen) atoms. The highest BCUT2D eigenvalue weighted by atomic mass is 19.1. The van der Waals surface area contributed by atoms with Crippen molar-refractivity contribution in [1.82, 2.24) is 10.2 Å². The van der Waals surface area contributed by atoms with Crippen molar-refractivity contribution in [2.75, 3.05) is 0 Å². The van der Waals surface area contributed by atoms with Gasteiger partial charge >= 0.3 is 5.97 Å². The minimum absolute atomic E-state index is 0.0555. The lowest BCUT2D eigenvalue weighted by atomic mass is 10.1. The van der Waals surface area contributed by atoms with E-state index in [0.29, 0.717) is 11.5 Å². The van der Waals surface area contributed by atoms with E-state index in [4.69, 9.17) is 9.15 Å². The summed E-state index contributed by atoms with van der Waals surface area (Å²) in [6.45, 7) is -0.0974. The van der Waals surface area contributed by atoms with E-state index in [2.05, 4.69) is 10.2 Å². The fourth-order valence-electron chi connectivity index (χ4n) is 1.97. The van der Waals surface area contributed by atoms with Crippen molar-refractivity contribution in [3.63, 3.8) is 0 Å². The van der Waals surface area contributed by atoms with Gasteiger partial charge in [-0.3, -0.25) is 4.79 Å². The normalized spacial score (nSPS) is 10.5. The molecule has 0 atom stereocenters. The van der Waals surface area contributed by atoms with Crippen molar-refractivity contribution < 1.29 is 18.3 Å². The van der Waals surface area contributed by atoms with E-state index in [-0.39, 0.29) is 24.7 Å². The Morgan fingerprint density at radius 1 is 1.04 bits per heavy atom. The molecule has 3 rings (SSSR count). The van der Waals surface area contributed by atoms with Crippen LogP contribution in [0, 0.1) is 5.82 Å². The number of benzene rings is 2. The number of carbonyl (C=O) groups excluding carboxylic acids is 1. The maximum atomic E-state index is 12.8. The molecule has 6 heteroatoms. The Morgan fingerprint density at radius 2 is 1.78 bits per heavy atom. The molecule has 0 saturated heterocycles. The summed E-state index contributed by atoms with van der Waals surface area (Å²) < 4.78 is 23.3. The lowest BCUT2D eigenvalue weighted by Crippen LogP contribution is -2.08. The summed E-state index contributed by atoms with van der Waals surface area (Å²) in [5, 5.41) is 7.75. The highest BCUT2D eigenvalue weighted by molar-refractivity contribution is 5.72. The lowest BCUT2D eigenvalue weighted by molar-refractivity contribution is -0.144. The van der Waals surface area contributed by atoms with E-state index in [0.717, 1.165) is 5.56 Å². The molecule has 0 aliphatic heterocycles. The van der Waals surface area contributed by atoms with Crippen LogP contribution in [0.15, 0.2) is 59.0 Å². The predicted molar refractivity (Wildman–Crippen MR) is 79.6 cm³/mol. The Labute approximate surface area is 131 Å². The molecule has 0 saturated carbocycles. The fourth-order valence-corrected chi connectivity index (χ4v) is 1.97. The van der Waals surface area contributed by atoms with Crippen LogP contribution in [0.5, 0.6) is 0 Å². The molecule has 0 aliphatic rings. The summed E-state index contributed by atoms with van der Waals surface area (Å²) in [6.07, 6.45) is 0.0555. The standard InChI is InChI=1S/C17H13FN2O3/c18-14-8-6-12(7-9-14)10-16(21)22-11-15-19-20-17(23-15)13-4-2-1-3-5-13/h1-9H,10-11H2. The number of rotatable bonds is 5. The van der Waals surface area contributed by atoms with Crippen molar-refractivity contribution in [1.29, 1.82) is 0 Å². The van der Waals surface area contributed by atoms with E-state index >= 15 is 0 Å². The first-order valence-electron chi connectivity index (χ1n) is 6.98. The number of carbonyl (C=O) groups is 1. The summed E-state index contributed by atoms with van der Waals surface area (Å²) in [4.78, 5) is 11.7. The first-order valence-corrected chi connectivity index (χ1v) is 6.98. The molecule has 1 aromatic heterocycles. The van der Waals surface area contributed by atoms with Gasteiger partial charge in [0.25, 0.3) is 5.89 Å². The van der Waals surface area contributed by atoms with Crippen molar-refractivity contribution in [2.24, 2.45) is 0 Å². The molecule has 0 bridgehead atoms. The average Bonchev–Trinajstić information content (AvgIpc) is 3.05. The molecular weight excluding hydrogens is 299 g/mol. The van der Waals surface area contributed by atoms with Crippen molar-refractivity contribution in [2.45, 2.75) is 13.0 Å². The first kappa shape index (κ1) is 14.9. The zero-order chi connectivity index (χ0) is 16.1. The predicted octanol–water partition coefficient (Wildman–Crippen LogP) is 3.16. The van der Waals surface area contributed by atoms with Gasteiger partial charge in [0.15, 0.2) is 6.61 Å². The van der Waals surface area contributed by atoms with Crippen LogP contribution in [0.1, 0.15) is 11.5 Å². The molecule has 0 aliphatic carbocycles. The molecule has 5 nitrogen and oxygen atoms in total. The Kier molecular flexibility index (Phi) is 4.42. The van der Waals surface area contributed by atoms with Gasteiger partial charge in [-0.1, -0.05) is 30.3 Å². The molecule has 1 heterocycles. The van der Waals surface area contributed by atoms with Crippen LogP contribution in [0.3, 0.4) is 0 Å². The minimum Gasteiger partial charge on any atom is -0.455 e. The molecule has 116 valence electrons. The molecule has 0 unspecified atom stereocenters.